The van der Waals surface area contributed by atoms with E-state index in [0.717, 1.165) is 24.4 Å². The van der Waals surface area contributed by atoms with Crippen LogP contribution < -0.4 is 0 Å². The van der Waals surface area contributed by atoms with Crippen LogP contribution in [0.4, 0.5) is 0 Å². The molecule has 0 radical (unpaired) electrons. The van der Waals surface area contributed by atoms with E-state index in [-0.39, 0.29) is 0 Å². The molecule has 0 unspecified atom stereocenters. The molecule has 0 N–H and O–H groups in total. The number of hydrogen-bond donors (Lipinski definition) is 0. The summed E-state index contributed by atoms with van der Waals surface area (Å²) in [7, 11) is 0. The third-order valence-electron chi connectivity index (χ3n) is 7.09. The number of ether oxygens (including phenoxy) is 1. The van der Waals surface area contributed by atoms with Crippen LogP contribution in [0.15, 0.2) is 0 Å². The van der Waals surface area contributed by atoms with E-state index >= 15 is 0 Å². The summed E-state index contributed by atoms with van der Waals surface area (Å²) in [6.07, 6.45) is 24.9. The lowest BCUT2D eigenvalue weighted by Gasteiger charge is -2.37. The smallest absolute Gasteiger partial charge is 0.0575 e. The maximum absolute atomic E-state index is 6.19. The van der Waals surface area contributed by atoms with Crippen LogP contribution in [0.3, 0.4) is 0 Å². The highest BCUT2D eigenvalue weighted by Gasteiger charge is 2.30. The minimum atomic E-state index is 0.591. The molecule has 0 spiro atoms. The fourth-order valence-electron chi connectivity index (χ4n) is 5.30. The zero-order valence-corrected chi connectivity index (χ0v) is 17.4. The average Bonchev–Trinajstić information content (AvgIpc) is 2.66. The van der Waals surface area contributed by atoms with Crippen LogP contribution in [0.2, 0.25) is 0 Å². The van der Waals surface area contributed by atoms with E-state index in [0.29, 0.717) is 6.10 Å². The Bertz CT molecular complexity index is 297. The Hall–Kier alpha value is -0.0400. The Labute approximate surface area is 158 Å². The van der Waals surface area contributed by atoms with Gasteiger partial charge in [-0.3, -0.25) is 0 Å². The van der Waals surface area contributed by atoms with Gasteiger partial charge in [0.25, 0.3) is 0 Å². The second-order valence-electron chi connectivity index (χ2n) is 9.10. The first kappa shape index (κ1) is 21.3. The molecule has 2 rings (SSSR count). The van der Waals surface area contributed by atoms with Crippen molar-refractivity contribution >= 4 is 0 Å². The lowest BCUT2D eigenvalue weighted by atomic mass is 9.70. The van der Waals surface area contributed by atoms with Gasteiger partial charge in [0.1, 0.15) is 0 Å². The molecular weight excluding hydrogens is 304 g/mol. The zero-order valence-electron chi connectivity index (χ0n) is 17.4. The lowest BCUT2D eigenvalue weighted by molar-refractivity contribution is 0.00527. The Morgan fingerprint density at radius 3 is 1.80 bits per heavy atom. The quantitative estimate of drug-likeness (QED) is 0.325. The molecule has 0 amide bonds. The van der Waals surface area contributed by atoms with Crippen molar-refractivity contribution in [3.63, 3.8) is 0 Å². The second-order valence-corrected chi connectivity index (χ2v) is 9.10. The van der Waals surface area contributed by atoms with Crippen LogP contribution in [0.25, 0.3) is 0 Å². The van der Waals surface area contributed by atoms with E-state index in [2.05, 4.69) is 13.8 Å². The highest BCUT2D eigenvalue weighted by atomic mass is 16.5. The normalized spacial score (nSPS) is 30.5. The molecule has 0 aromatic carbocycles. The van der Waals surface area contributed by atoms with Crippen molar-refractivity contribution in [2.24, 2.45) is 17.8 Å². The van der Waals surface area contributed by atoms with Gasteiger partial charge in [-0.15, -0.1) is 0 Å². The standard InChI is InChI=1S/C24H46O/c1-3-5-7-8-9-10-20-25-24-18-16-23(17-19-24)22-14-12-21(13-15-22)11-6-4-2/h21-24H,3-20H2,1-2H3/t21-,22-,23-,24-. The molecule has 2 aliphatic rings. The van der Waals surface area contributed by atoms with Gasteiger partial charge in [-0.25, -0.2) is 0 Å². The van der Waals surface area contributed by atoms with E-state index in [1.165, 1.54) is 109 Å². The Morgan fingerprint density at radius 1 is 0.600 bits per heavy atom. The summed E-state index contributed by atoms with van der Waals surface area (Å²) in [5.74, 6) is 3.15. The van der Waals surface area contributed by atoms with Crippen LogP contribution in [-0.4, -0.2) is 12.7 Å². The first-order valence-corrected chi connectivity index (χ1v) is 11.9. The van der Waals surface area contributed by atoms with E-state index < -0.39 is 0 Å². The first-order chi connectivity index (χ1) is 12.3. The maximum Gasteiger partial charge on any atom is 0.0575 e. The molecule has 1 heteroatoms. The molecule has 2 fully saturated rings. The fraction of sp³-hybridized carbons (Fsp3) is 1.00. The highest BCUT2D eigenvalue weighted by Crippen LogP contribution is 2.41. The third-order valence-corrected chi connectivity index (χ3v) is 7.09. The summed E-state index contributed by atoms with van der Waals surface area (Å²) in [5, 5.41) is 0. The Morgan fingerprint density at radius 2 is 1.16 bits per heavy atom. The first-order valence-electron chi connectivity index (χ1n) is 11.9. The topological polar surface area (TPSA) is 9.23 Å². The summed E-state index contributed by atoms with van der Waals surface area (Å²) >= 11 is 0. The SMILES string of the molecule is CCCCCCCCO[C@H]1CC[C@H]([C@H]2CC[C@H](CCCC)CC2)CC1. The molecule has 0 bridgehead atoms. The van der Waals surface area contributed by atoms with Gasteiger partial charge >= 0.3 is 0 Å². The van der Waals surface area contributed by atoms with Crippen LogP contribution in [0.5, 0.6) is 0 Å². The minimum absolute atomic E-state index is 0.591. The zero-order chi connectivity index (χ0) is 17.7. The summed E-state index contributed by atoms with van der Waals surface area (Å²) in [4.78, 5) is 0. The van der Waals surface area contributed by atoms with Gasteiger partial charge in [0, 0.05) is 6.61 Å². The summed E-state index contributed by atoms with van der Waals surface area (Å²) in [5.41, 5.74) is 0. The van der Waals surface area contributed by atoms with Crippen LogP contribution >= 0.6 is 0 Å². The van der Waals surface area contributed by atoms with Gasteiger partial charge in [-0.1, -0.05) is 78.1 Å². The number of unbranched alkanes of at least 4 members (excludes halogenated alkanes) is 6. The van der Waals surface area contributed by atoms with Gasteiger partial charge in [0.15, 0.2) is 0 Å². The van der Waals surface area contributed by atoms with Crippen molar-refractivity contribution in [1.29, 1.82) is 0 Å². The predicted octanol–water partition coefficient (Wildman–Crippen LogP) is 7.92. The largest absolute Gasteiger partial charge is 0.378 e. The Balaban J connectivity index is 1.49. The summed E-state index contributed by atoms with van der Waals surface area (Å²) in [6, 6.07) is 0. The van der Waals surface area contributed by atoms with Crippen molar-refractivity contribution in [2.45, 2.75) is 129 Å². The van der Waals surface area contributed by atoms with Crippen molar-refractivity contribution in [3.05, 3.63) is 0 Å². The van der Waals surface area contributed by atoms with Crippen LogP contribution in [-0.2, 0) is 4.74 Å². The third kappa shape index (κ3) is 8.46. The monoisotopic (exact) mass is 350 g/mol. The molecule has 2 aliphatic carbocycles. The molecule has 0 atom stereocenters. The molecule has 0 heterocycles. The molecule has 2 saturated carbocycles. The van der Waals surface area contributed by atoms with Gasteiger partial charge in [0.05, 0.1) is 6.10 Å². The molecule has 0 aromatic rings. The van der Waals surface area contributed by atoms with Gasteiger partial charge in [-0.2, -0.15) is 0 Å². The average molecular weight is 351 g/mol. The molecule has 25 heavy (non-hydrogen) atoms. The maximum atomic E-state index is 6.19. The van der Waals surface area contributed by atoms with Gasteiger partial charge in [-0.05, 0) is 62.7 Å². The number of rotatable bonds is 12. The molecular formula is C24H46O. The molecule has 0 aromatic heterocycles. The van der Waals surface area contributed by atoms with Crippen LogP contribution in [0.1, 0.15) is 123 Å². The van der Waals surface area contributed by atoms with E-state index in [1.807, 2.05) is 0 Å². The second kappa shape index (κ2) is 13.2. The van der Waals surface area contributed by atoms with Crippen LogP contribution in [0, 0.1) is 17.8 Å². The molecule has 148 valence electrons. The molecule has 0 aliphatic heterocycles. The molecule has 1 nitrogen and oxygen atoms in total. The van der Waals surface area contributed by atoms with Crippen molar-refractivity contribution < 1.29 is 4.74 Å². The molecule has 0 saturated heterocycles. The fourth-order valence-corrected chi connectivity index (χ4v) is 5.30. The minimum Gasteiger partial charge on any atom is -0.378 e. The van der Waals surface area contributed by atoms with Gasteiger partial charge in [0.2, 0.25) is 0 Å². The summed E-state index contributed by atoms with van der Waals surface area (Å²) in [6.45, 7) is 5.64. The number of hydrogen-bond acceptors (Lipinski definition) is 1. The van der Waals surface area contributed by atoms with E-state index in [4.69, 9.17) is 4.74 Å². The lowest BCUT2D eigenvalue weighted by Crippen LogP contribution is -2.28. The highest BCUT2D eigenvalue weighted by molar-refractivity contribution is 4.82. The van der Waals surface area contributed by atoms with Gasteiger partial charge < -0.3 is 4.74 Å². The Kier molecular flexibility index (Phi) is 11.2. The van der Waals surface area contributed by atoms with Crippen molar-refractivity contribution in [2.75, 3.05) is 6.61 Å². The van der Waals surface area contributed by atoms with E-state index in [1.54, 1.807) is 0 Å². The van der Waals surface area contributed by atoms with Crippen molar-refractivity contribution in [3.8, 4) is 0 Å². The summed E-state index contributed by atoms with van der Waals surface area (Å²) < 4.78 is 6.19. The van der Waals surface area contributed by atoms with E-state index in [9.17, 15) is 0 Å². The predicted molar refractivity (Wildman–Crippen MR) is 110 cm³/mol. The van der Waals surface area contributed by atoms with Crippen molar-refractivity contribution in [1.82, 2.24) is 0 Å².